The molecule has 1 heterocycles. The number of hydrogen-bond donors (Lipinski definition) is 0. The number of pyridine rings is 1. The van der Waals surface area contributed by atoms with Crippen LogP contribution in [0.4, 0.5) is 18.9 Å². The Labute approximate surface area is 187 Å². The molecule has 1 aromatic heterocycles. The van der Waals surface area contributed by atoms with Crippen LogP contribution in [-0.2, 0) is 6.18 Å². The van der Waals surface area contributed by atoms with Crippen LogP contribution in [0.25, 0.3) is 11.3 Å². The maximum Gasteiger partial charge on any atom is 0.416 e. The van der Waals surface area contributed by atoms with Gasteiger partial charge in [-0.2, -0.15) is 13.2 Å². The third-order valence-corrected chi connectivity index (χ3v) is 4.94. The summed E-state index contributed by atoms with van der Waals surface area (Å²) < 4.78 is 39.9. The quantitative estimate of drug-likeness (QED) is 0.348. The minimum Gasteiger partial charge on any atom is -0.268 e. The molecule has 4 rings (SSSR count). The maximum atomic E-state index is 13.5. The smallest absolute Gasteiger partial charge is 0.268 e. The second-order valence-corrected chi connectivity index (χ2v) is 7.13. The van der Waals surface area contributed by atoms with Crippen molar-refractivity contribution in [1.29, 1.82) is 0 Å². The number of carbonyl (C=O) groups is 2. The van der Waals surface area contributed by atoms with Crippen LogP contribution in [0.3, 0.4) is 0 Å². The molecular weight excluding hydrogens is 429 g/mol. The molecule has 0 bridgehead atoms. The Balaban J connectivity index is 1.89. The van der Waals surface area contributed by atoms with Gasteiger partial charge < -0.3 is 0 Å². The number of rotatable bonds is 4. The first-order chi connectivity index (χ1) is 15.9. The number of carbonyl (C=O) groups excluding carboxylic acids is 2. The summed E-state index contributed by atoms with van der Waals surface area (Å²) in [5, 5.41) is 0. The van der Waals surface area contributed by atoms with E-state index >= 15 is 0 Å². The third kappa shape index (κ3) is 4.67. The molecular formula is C26H17F3N2O2. The number of imide groups is 1. The lowest BCUT2D eigenvalue weighted by atomic mass is 10.0. The number of anilines is 1. The molecule has 0 spiro atoms. The Kier molecular flexibility index (Phi) is 6.04. The van der Waals surface area contributed by atoms with Crippen LogP contribution in [-0.4, -0.2) is 16.8 Å². The highest BCUT2D eigenvalue weighted by Crippen LogP contribution is 2.35. The highest BCUT2D eigenvalue weighted by Gasteiger charge is 2.32. The number of amides is 2. The first-order valence-corrected chi connectivity index (χ1v) is 9.98. The average Bonchev–Trinajstić information content (AvgIpc) is 2.85. The summed E-state index contributed by atoms with van der Waals surface area (Å²) in [6.07, 6.45) is -3.15. The molecule has 0 N–H and O–H groups in total. The Hall–Kier alpha value is -4.26. The summed E-state index contributed by atoms with van der Waals surface area (Å²) in [5.74, 6) is -1.24. The van der Waals surface area contributed by atoms with E-state index in [-0.39, 0.29) is 28.1 Å². The number of halogens is 3. The summed E-state index contributed by atoms with van der Waals surface area (Å²) in [6, 6.07) is 24.0. The van der Waals surface area contributed by atoms with Gasteiger partial charge in [-0.3, -0.25) is 14.6 Å². The summed E-state index contributed by atoms with van der Waals surface area (Å²) >= 11 is 0. The molecule has 3 aromatic carbocycles. The van der Waals surface area contributed by atoms with E-state index in [1.807, 2.05) is 0 Å². The molecule has 0 fully saturated rings. The molecule has 0 saturated carbocycles. The van der Waals surface area contributed by atoms with E-state index in [4.69, 9.17) is 0 Å². The zero-order chi connectivity index (χ0) is 23.4. The lowest BCUT2D eigenvalue weighted by Crippen LogP contribution is -2.37. The number of alkyl halides is 3. The van der Waals surface area contributed by atoms with Crippen LogP contribution < -0.4 is 4.90 Å². The molecule has 0 saturated heterocycles. The van der Waals surface area contributed by atoms with Gasteiger partial charge in [-0.1, -0.05) is 48.5 Å². The van der Waals surface area contributed by atoms with Crippen molar-refractivity contribution in [2.24, 2.45) is 0 Å². The van der Waals surface area contributed by atoms with Crippen LogP contribution >= 0.6 is 0 Å². The Morgan fingerprint density at radius 3 is 1.82 bits per heavy atom. The fourth-order valence-corrected chi connectivity index (χ4v) is 3.37. The first-order valence-electron chi connectivity index (χ1n) is 9.98. The van der Waals surface area contributed by atoms with Gasteiger partial charge in [0.25, 0.3) is 11.8 Å². The Bertz CT molecular complexity index is 1240. The Morgan fingerprint density at radius 1 is 0.697 bits per heavy atom. The minimum absolute atomic E-state index is 0.0807. The molecule has 33 heavy (non-hydrogen) atoms. The molecule has 0 atom stereocenters. The van der Waals surface area contributed by atoms with E-state index in [1.165, 1.54) is 30.5 Å². The van der Waals surface area contributed by atoms with E-state index in [0.29, 0.717) is 0 Å². The van der Waals surface area contributed by atoms with Crippen molar-refractivity contribution in [3.8, 4) is 11.3 Å². The maximum absolute atomic E-state index is 13.5. The van der Waals surface area contributed by atoms with E-state index < -0.39 is 23.6 Å². The Morgan fingerprint density at radius 2 is 1.27 bits per heavy atom. The molecule has 0 aliphatic heterocycles. The van der Waals surface area contributed by atoms with Crippen molar-refractivity contribution in [2.75, 3.05) is 4.90 Å². The van der Waals surface area contributed by atoms with Crippen LogP contribution in [0.2, 0.25) is 0 Å². The van der Waals surface area contributed by atoms with Gasteiger partial charge in [0.05, 0.1) is 16.9 Å². The van der Waals surface area contributed by atoms with Gasteiger partial charge >= 0.3 is 6.18 Å². The average molecular weight is 446 g/mol. The zero-order valence-electron chi connectivity index (χ0n) is 17.2. The summed E-state index contributed by atoms with van der Waals surface area (Å²) in [6.45, 7) is 0. The lowest BCUT2D eigenvalue weighted by molar-refractivity contribution is -0.137. The van der Waals surface area contributed by atoms with Crippen LogP contribution in [0.5, 0.6) is 0 Å². The second-order valence-electron chi connectivity index (χ2n) is 7.13. The number of hydrogen-bond acceptors (Lipinski definition) is 3. The molecule has 4 aromatic rings. The molecule has 4 nitrogen and oxygen atoms in total. The van der Waals surface area contributed by atoms with Crippen LogP contribution in [0, 0.1) is 0 Å². The number of aromatic nitrogens is 1. The molecule has 0 radical (unpaired) electrons. The summed E-state index contributed by atoms with van der Waals surface area (Å²) in [5.41, 5.74) is -0.0583. The van der Waals surface area contributed by atoms with Gasteiger partial charge in [0.15, 0.2) is 0 Å². The largest absolute Gasteiger partial charge is 0.416 e. The monoisotopic (exact) mass is 446 g/mol. The van der Waals surface area contributed by atoms with Gasteiger partial charge in [-0.05, 0) is 48.5 Å². The molecule has 164 valence electrons. The fraction of sp³-hybridized carbons (Fsp3) is 0.0385. The SMILES string of the molecule is O=C(c1ccccc1)N(C(=O)c1ccccc1)c1cccnc1-c1cccc(C(F)(F)F)c1. The van der Waals surface area contributed by atoms with E-state index in [1.54, 1.807) is 60.7 Å². The second kappa shape index (κ2) is 9.08. The van der Waals surface area contributed by atoms with Gasteiger partial charge in [0.2, 0.25) is 0 Å². The van der Waals surface area contributed by atoms with Gasteiger partial charge in [0.1, 0.15) is 0 Å². The van der Waals surface area contributed by atoms with E-state index in [0.717, 1.165) is 17.0 Å². The highest BCUT2D eigenvalue weighted by molar-refractivity contribution is 6.26. The van der Waals surface area contributed by atoms with Crippen molar-refractivity contribution in [2.45, 2.75) is 6.18 Å². The van der Waals surface area contributed by atoms with E-state index in [9.17, 15) is 22.8 Å². The molecule has 7 heteroatoms. The molecule has 0 aliphatic carbocycles. The van der Waals surface area contributed by atoms with Crippen molar-refractivity contribution in [1.82, 2.24) is 4.98 Å². The first kappa shape index (κ1) is 22.0. The van der Waals surface area contributed by atoms with Crippen molar-refractivity contribution < 1.29 is 22.8 Å². The molecule has 2 amide bonds. The molecule has 0 aliphatic rings. The predicted molar refractivity (Wildman–Crippen MR) is 119 cm³/mol. The van der Waals surface area contributed by atoms with Crippen LogP contribution in [0.1, 0.15) is 26.3 Å². The summed E-state index contributed by atoms with van der Waals surface area (Å²) in [7, 11) is 0. The summed E-state index contributed by atoms with van der Waals surface area (Å²) in [4.78, 5) is 32.1. The topological polar surface area (TPSA) is 50.3 Å². The van der Waals surface area contributed by atoms with Gasteiger partial charge in [-0.15, -0.1) is 0 Å². The zero-order valence-corrected chi connectivity index (χ0v) is 17.2. The lowest BCUT2D eigenvalue weighted by Gasteiger charge is -2.23. The minimum atomic E-state index is -4.55. The number of nitrogens with zero attached hydrogens (tertiary/aromatic N) is 2. The van der Waals surface area contributed by atoms with Gasteiger partial charge in [-0.25, -0.2) is 4.90 Å². The van der Waals surface area contributed by atoms with Crippen molar-refractivity contribution >= 4 is 17.5 Å². The van der Waals surface area contributed by atoms with Crippen molar-refractivity contribution in [3.05, 3.63) is 120 Å². The van der Waals surface area contributed by atoms with Crippen molar-refractivity contribution in [3.63, 3.8) is 0 Å². The highest BCUT2D eigenvalue weighted by atomic mass is 19.4. The normalized spacial score (nSPS) is 11.1. The van der Waals surface area contributed by atoms with Crippen LogP contribution in [0.15, 0.2) is 103 Å². The standard InChI is InChI=1S/C26H17F3N2O2/c27-26(28,29)21-14-7-13-20(17-21)23-22(15-8-16-30-23)31(24(32)18-9-3-1-4-10-18)25(33)19-11-5-2-6-12-19/h1-17H. The molecule has 0 unspecified atom stereocenters. The fourth-order valence-electron chi connectivity index (χ4n) is 3.37. The number of benzene rings is 3. The van der Waals surface area contributed by atoms with Gasteiger partial charge in [0, 0.05) is 22.9 Å². The third-order valence-electron chi connectivity index (χ3n) is 4.94. The predicted octanol–water partition coefficient (Wildman–Crippen LogP) is 6.25. The van der Waals surface area contributed by atoms with E-state index in [2.05, 4.69) is 4.98 Å².